The molecule has 36 heavy (non-hydrogen) atoms. The average molecular weight is 515 g/mol. The van der Waals surface area contributed by atoms with Crippen LogP contribution < -0.4 is 20.9 Å². The largest absolute Gasteiger partial charge is 0.488 e. The Morgan fingerprint density at radius 2 is 1.94 bits per heavy atom. The number of anilines is 3. The van der Waals surface area contributed by atoms with Crippen LogP contribution >= 0.6 is 11.6 Å². The van der Waals surface area contributed by atoms with Crippen molar-refractivity contribution in [2.45, 2.75) is 39.3 Å². The number of aromatic nitrogens is 2. The van der Waals surface area contributed by atoms with E-state index in [-0.39, 0.29) is 35.3 Å². The number of amides is 1. The van der Waals surface area contributed by atoms with Gasteiger partial charge in [0.1, 0.15) is 5.69 Å². The fourth-order valence-electron chi connectivity index (χ4n) is 3.84. The molecule has 4 rings (SSSR count). The predicted octanol–water partition coefficient (Wildman–Crippen LogP) is 4.98. The van der Waals surface area contributed by atoms with Crippen LogP contribution in [0.1, 0.15) is 32.3 Å². The van der Waals surface area contributed by atoms with Crippen LogP contribution in [0.25, 0.3) is 0 Å². The zero-order valence-corrected chi connectivity index (χ0v) is 20.8. The molecule has 1 aliphatic rings. The lowest BCUT2D eigenvalue weighted by Crippen LogP contribution is -2.31. The molecular formula is C26H28ClFN4O4. The van der Waals surface area contributed by atoms with E-state index in [0.717, 1.165) is 5.56 Å². The second-order valence-electron chi connectivity index (χ2n) is 8.85. The number of carbonyl (C=O) groups is 1. The van der Waals surface area contributed by atoms with Gasteiger partial charge in [0.15, 0.2) is 11.6 Å². The molecule has 1 saturated heterocycles. The third-order valence-electron chi connectivity index (χ3n) is 5.66. The van der Waals surface area contributed by atoms with Crippen molar-refractivity contribution in [2.75, 3.05) is 23.8 Å². The third kappa shape index (κ3) is 6.61. The molecule has 2 aromatic carbocycles. The Labute approximate surface area is 213 Å². The van der Waals surface area contributed by atoms with Gasteiger partial charge < -0.3 is 24.7 Å². The minimum Gasteiger partial charge on any atom is -0.488 e. The Morgan fingerprint density at radius 1 is 1.22 bits per heavy atom. The van der Waals surface area contributed by atoms with Crippen LogP contribution in [0, 0.1) is 11.7 Å². The molecule has 0 unspecified atom stereocenters. The summed E-state index contributed by atoms with van der Waals surface area (Å²) in [6.07, 6.45) is 2.56. The summed E-state index contributed by atoms with van der Waals surface area (Å²) in [6.45, 7) is 4.97. The van der Waals surface area contributed by atoms with E-state index in [9.17, 15) is 14.0 Å². The monoisotopic (exact) mass is 514 g/mol. The Morgan fingerprint density at radius 3 is 2.61 bits per heavy atom. The predicted molar refractivity (Wildman–Crippen MR) is 137 cm³/mol. The lowest BCUT2D eigenvalue weighted by Gasteiger charge is -2.21. The molecule has 0 spiro atoms. The number of carbonyl (C=O) groups excluding carboxylic acids is 1. The molecule has 0 aliphatic carbocycles. The molecule has 1 aromatic heterocycles. The van der Waals surface area contributed by atoms with Crippen LogP contribution in [0.3, 0.4) is 0 Å². The van der Waals surface area contributed by atoms with Crippen LogP contribution in [0.15, 0.2) is 53.5 Å². The number of rotatable bonds is 8. The topological polar surface area (TPSA) is 94.5 Å². The molecule has 0 radical (unpaired) electrons. The molecular weight excluding hydrogens is 487 g/mol. The molecule has 190 valence electrons. The standard InChI is InChI=1S/C26H28ClFN4O4/c1-16(2)36-23-8-7-20(13-21(23)28)29-26-31-25(34)22(30-24(33)18-9-11-35-12-10-18)15-32(26)14-17-3-5-19(27)6-4-17/h3-8,13,15-16,18H,9-12,14H2,1-2H3,(H,30,33)(H,29,31,34). The summed E-state index contributed by atoms with van der Waals surface area (Å²) < 4.78 is 27.0. The van der Waals surface area contributed by atoms with Gasteiger partial charge >= 0.3 is 0 Å². The highest BCUT2D eigenvalue weighted by atomic mass is 35.5. The molecule has 0 atom stereocenters. The lowest BCUT2D eigenvalue weighted by molar-refractivity contribution is -0.122. The molecule has 2 heterocycles. The van der Waals surface area contributed by atoms with Crippen LogP contribution in [0.5, 0.6) is 5.75 Å². The quantitative estimate of drug-likeness (QED) is 0.440. The molecule has 8 nitrogen and oxygen atoms in total. The second kappa shape index (κ2) is 11.5. The first kappa shape index (κ1) is 25.7. The maximum absolute atomic E-state index is 14.5. The first-order valence-electron chi connectivity index (χ1n) is 11.8. The van der Waals surface area contributed by atoms with Gasteiger partial charge in [0, 0.05) is 42.1 Å². The molecule has 0 saturated carbocycles. The van der Waals surface area contributed by atoms with Crippen molar-refractivity contribution in [1.29, 1.82) is 0 Å². The van der Waals surface area contributed by atoms with Crippen molar-refractivity contribution >= 4 is 34.8 Å². The smallest absolute Gasteiger partial charge is 0.298 e. The van der Waals surface area contributed by atoms with E-state index in [1.807, 2.05) is 26.0 Å². The van der Waals surface area contributed by atoms with Gasteiger partial charge in [-0.15, -0.1) is 0 Å². The van der Waals surface area contributed by atoms with Crippen LogP contribution in [-0.2, 0) is 16.1 Å². The second-order valence-corrected chi connectivity index (χ2v) is 9.29. The summed E-state index contributed by atoms with van der Waals surface area (Å²) in [6, 6.07) is 11.6. The van der Waals surface area contributed by atoms with E-state index in [4.69, 9.17) is 21.1 Å². The Bertz CT molecular complexity index is 1270. The summed E-state index contributed by atoms with van der Waals surface area (Å²) in [4.78, 5) is 29.7. The molecule has 1 amide bonds. The van der Waals surface area contributed by atoms with Gasteiger partial charge in [-0.05, 0) is 56.5 Å². The fourth-order valence-corrected chi connectivity index (χ4v) is 3.96. The van der Waals surface area contributed by atoms with Gasteiger partial charge in [-0.1, -0.05) is 23.7 Å². The Hall–Kier alpha value is -3.43. The molecule has 0 bridgehead atoms. The Balaban J connectivity index is 1.63. The third-order valence-corrected chi connectivity index (χ3v) is 5.91. The maximum Gasteiger partial charge on any atom is 0.298 e. The molecule has 1 fully saturated rings. The zero-order valence-electron chi connectivity index (χ0n) is 20.1. The summed E-state index contributed by atoms with van der Waals surface area (Å²) in [5, 5.41) is 6.33. The van der Waals surface area contributed by atoms with Gasteiger partial charge in [0.2, 0.25) is 11.9 Å². The average Bonchev–Trinajstić information content (AvgIpc) is 2.85. The molecule has 10 heteroatoms. The van der Waals surface area contributed by atoms with Crippen LogP contribution in [0.4, 0.5) is 21.7 Å². The highest BCUT2D eigenvalue weighted by Gasteiger charge is 2.23. The number of benzene rings is 2. The van der Waals surface area contributed by atoms with Crippen LogP contribution in [0.2, 0.25) is 5.02 Å². The van der Waals surface area contributed by atoms with E-state index < -0.39 is 11.4 Å². The first-order valence-corrected chi connectivity index (χ1v) is 12.1. The van der Waals surface area contributed by atoms with Crippen molar-refractivity contribution < 1.29 is 18.7 Å². The summed E-state index contributed by atoms with van der Waals surface area (Å²) >= 11 is 6.01. The van der Waals surface area contributed by atoms with Crippen LogP contribution in [-0.4, -0.2) is 34.8 Å². The number of halogens is 2. The minimum absolute atomic E-state index is 0.0675. The van der Waals surface area contributed by atoms with Gasteiger partial charge in [-0.3, -0.25) is 9.59 Å². The van der Waals surface area contributed by atoms with Crippen molar-refractivity contribution in [3.05, 3.63) is 75.4 Å². The van der Waals surface area contributed by atoms with Gasteiger partial charge in [0.05, 0.1) is 12.6 Å². The van der Waals surface area contributed by atoms with Crippen molar-refractivity contribution in [3.8, 4) is 5.75 Å². The van der Waals surface area contributed by atoms with E-state index in [1.165, 1.54) is 18.3 Å². The van der Waals surface area contributed by atoms with E-state index in [0.29, 0.717) is 43.3 Å². The lowest BCUT2D eigenvalue weighted by atomic mass is 9.99. The summed E-state index contributed by atoms with van der Waals surface area (Å²) in [5.41, 5.74) is 0.740. The van der Waals surface area contributed by atoms with Crippen molar-refractivity contribution in [2.24, 2.45) is 5.92 Å². The number of hydrogen-bond donors (Lipinski definition) is 2. The number of hydrogen-bond acceptors (Lipinski definition) is 6. The van der Waals surface area contributed by atoms with E-state index >= 15 is 0 Å². The summed E-state index contributed by atoms with van der Waals surface area (Å²) in [7, 11) is 0. The SMILES string of the molecule is CC(C)Oc1ccc(Nc2nc(=O)c(NC(=O)C3CCOCC3)cn2Cc2ccc(Cl)cc2)cc1F. The normalized spacial score (nSPS) is 14.0. The number of ether oxygens (including phenoxy) is 2. The van der Waals surface area contributed by atoms with Crippen molar-refractivity contribution in [1.82, 2.24) is 9.55 Å². The zero-order chi connectivity index (χ0) is 25.7. The highest BCUT2D eigenvalue weighted by Crippen LogP contribution is 2.25. The van der Waals surface area contributed by atoms with E-state index in [1.54, 1.807) is 22.8 Å². The summed E-state index contributed by atoms with van der Waals surface area (Å²) in [5.74, 6) is -0.682. The van der Waals surface area contributed by atoms with Crippen molar-refractivity contribution in [3.63, 3.8) is 0 Å². The minimum atomic E-state index is -0.606. The highest BCUT2D eigenvalue weighted by molar-refractivity contribution is 6.30. The van der Waals surface area contributed by atoms with Gasteiger partial charge in [-0.2, -0.15) is 4.98 Å². The fraction of sp³-hybridized carbons (Fsp3) is 0.346. The van der Waals surface area contributed by atoms with Gasteiger partial charge in [0.25, 0.3) is 5.56 Å². The maximum atomic E-state index is 14.5. The molecule has 1 aliphatic heterocycles. The first-order chi connectivity index (χ1) is 17.3. The number of nitrogens with zero attached hydrogens (tertiary/aromatic N) is 2. The Kier molecular flexibility index (Phi) is 8.22. The van der Waals surface area contributed by atoms with Gasteiger partial charge in [-0.25, -0.2) is 4.39 Å². The number of nitrogens with one attached hydrogen (secondary N) is 2. The molecule has 3 aromatic rings. The molecule has 2 N–H and O–H groups in total. The van der Waals surface area contributed by atoms with E-state index in [2.05, 4.69) is 15.6 Å².